The third-order valence-corrected chi connectivity index (χ3v) is 4.74. The summed E-state index contributed by atoms with van der Waals surface area (Å²) in [6.45, 7) is 4.81. The number of benzene rings is 3. The highest BCUT2D eigenvalue weighted by atomic mass is 16.5. The van der Waals surface area contributed by atoms with Crippen LogP contribution in [0, 0.1) is 5.41 Å². The maximum Gasteiger partial charge on any atom is 0.251 e. The van der Waals surface area contributed by atoms with E-state index in [4.69, 9.17) is 20.6 Å². The van der Waals surface area contributed by atoms with Crippen LogP contribution in [-0.2, 0) is 0 Å². The fourth-order valence-electron chi connectivity index (χ4n) is 2.97. The van der Waals surface area contributed by atoms with Gasteiger partial charge in [-0.25, -0.2) is 0 Å². The normalized spacial score (nSPS) is 10.2. The summed E-state index contributed by atoms with van der Waals surface area (Å²) >= 11 is 0. The van der Waals surface area contributed by atoms with Gasteiger partial charge in [0.25, 0.3) is 5.91 Å². The monoisotopic (exact) mass is 415 g/mol. The molecule has 6 heteroatoms. The smallest absolute Gasteiger partial charge is 0.251 e. The number of amidine groups is 1. The van der Waals surface area contributed by atoms with Crippen LogP contribution in [0.25, 0.3) is 5.57 Å². The Labute approximate surface area is 181 Å². The molecule has 0 aliphatic rings. The third kappa shape index (κ3) is 5.73. The van der Waals surface area contributed by atoms with Gasteiger partial charge in [-0.3, -0.25) is 10.2 Å². The van der Waals surface area contributed by atoms with Gasteiger partial charge in [0.15, 0.2) is 0 Å². The summed E-state index contributed by atoms with van der Waals surface area (Å²) in [6.07, 6.45) is 0. The van der Waals surface area contributed by atoms with Crippen molar-refractivity contribution >= 4 is 17.3 Å². The minimum atomic E-state index is -0.178. The maximum absolute atomic E-state index is 12.4. The Morgan fingerprint density at radius 3 is 2.16 bits per heavy atom. The van der Waals surface area contributed by atoms with E-state index in [1.54, 1.807) is 43.5 Å². The van der Waals surface area contributed by atoms with Gasteiger partial charge >= 0.3 is 0 Å². The number of methoxy groups -OCH3 is 1. The Kier molecular flexibility index (Phi) is 7.06. The lowest BCUT2D eigenvalue weighted by molar-refractivity contribution is 0.0947. The van der Waals surface area contributed by atoms with Crippen LogP contribution >= 0.6 is 0 Å². The molecule has 0 aliphatic carbocycles. The summed E-state index contributed by atoms with van der Waals surface area (Å²) < 4.78 is 10.8. The van der Waals surface area contributed by atoms with Crippen molar-refractivity contribution in [2.45, 2.75) is 0 Å². The van der Waals surface area contributed by atoms with Gasteiger partial charge in [-0.2, -0.15) is 0 Å². The molecule has 3 rings (SSSR count). The van der Waals surface area contributed by atoms with Gasteiger partial charge < -0.3 is 20.5 Å². The summed E-state index contributed by atoms with van der Waals surface area (Å²) in [5.74, 6) is 1.20. The SMILES string of the molecule is C=C(c1ccc(OC)cc1)c1ccc(C(=O)NCCOc2cccc(C(=N)N)c2)cc1. The molecule has 0 fully saturated rings. The van der Waals surface area contributed by atoms with Gasteiger partial charge in [-0.15, -0.1) is 0 Å². The summed E-state index contributed by atoms with van der Waals surface area (Å²) in [7, 11) is 1.63. The topological polar surface area (TPSA) is 97.4 Å². The van der Waals surface area contributed by atoms with E-state index in [-0.39, 0.29) is 11.7 Å². The van der Waals surface area contributed by atoms with Crippen LogP contribution < -0.4 is 20.5 Å². The lowest BCUT2D eigenvalue weighted by Gasteiger charge is -2.10. The average molecular weight is 415 g/mol. The molecule has 158 valence electrons. The largest absolute Gasteiger partial charge is 0.497 e. The number of nitrogens with one attached hydrogen (secondary N) is 2. The number of carbonyl (C=O) groups is 1. The molecule has 0 unspecified atom stereocenters. The predicted octanol–water partition coefficient (Wildman–Crippen LogP) is 3.85. The molecule has 0 heterocycles. The molecular formula is C25H25N3O3. The second-order valence-electron chi connectivity index (χ2n) is 6.83. The molecule has 3 aromatic carbocycles. The first-order chi connectivity index (χ1) is 15.0. The first-order valence-electron chi connectivity index (χ1n) is 9.77. The van der Waals surface area contributed by atoms with E-state index in [1.807, 2.05) is 36.4 Å². The molecule has 1 amide bonds. The van der Waals surface area contributed by atoms with Gasteiger partial charge in [0.05, 0.1) is 13.7 Å². The van der Waals surface area contributed by atoms with Crippen molar-refractivity contribution in [3.63, 3.8) is 0 Å². The molecule has 3 aromatic rings. The number of hydrogen-bond donors (Lipinski definition) is 3. The lowest BCUT2D eigenvalue weighted by atomic mass is 9.98. The predicted molar refractivity (Wildman–Crippen MR) is 123 cm³/mol. The average Bonchev–Trinajstić information content (AvgIpc) is 2.81. The Bertz CT molecular complexity index is 1070. The Morgan fingerprint density at radius 1 is 0.935 bits per heavy atom. The molecule has 4 N–H and O–H groups in total. The van der Waals surface area contributed by atoms with Gasteiger partial charge in [0, 0.05) is 11.1 Å². The van der Waals surface area contributed by atoms with E-state index in [2.05, 4.69) is 11.9 Å². The number of nitrogens with two attached hydrogens (primary N) is 1. The number of rotatable bonds is 9. The molecular weight excluding hydrogens is 390 g/mol. The van der Waals surface area contributed by atoms with Crippen LogP contribution in [-0.4, -0.2) is 32.0 Å². The zero-order valence-electron chi connectivity index (χ0n) is 17.4. The lowest BCUT2D eigenvalue weighted by Crippen LogP contribution is -2.28. The van der Waals surface area contributed by atoms with E-state index in [0.29, 0.717) is 30.0 Å². The fraction of sp³-hybridized carbons (Fsp3) is 0.120. The van der Waals surface area contributed by atoms with Gasteiger partial charge in [0.2, 0.25) is 0 Å². The van der Waals surface area contributed by atoms with Crippen LogP contribution in [0.1, 0.15) is 27.0 Å². The van der Waals surface area contributed by atoms with E-state index in [1.165, 1.54) is 0 Å². The van der Waals surface area contributed by atoms with Crippen molar-refractivity contribution in [2.75, 3.05) is 20.3 Å². The first-order valence-corrected chi connectivity index (χ1v) is 9.77. The van der Waals surface area contributed by atoms with Crippen LogP contribution in [0.15, 0.2) is 79.4 Å². The summed E-state index contributed by atoms with van der Waals surface area (Å²) in [4.78, 5) is 12.4. The minimum Gasteiger partial charge on any atom is -0.497 e. The summed E-state index contributed by atoms with van der Waals surface area (Å²) in [5.41, 5.74) is 9.43. The van der Waals surface area contributed by atoms with Crippen LogP contribution in [0.4, 0.5) is 0 Å². The highest BCUT2D eigenvalue weighted by Crippen LogP contribution is 2.24. The molecule has 6 nitrogen and oxygen atoms in total. The zero-order valence-corrected chi connectivity index (χ0v) is 17.4. The standard InChI is InChI=1S/C25H25N3O3/c1-17(19-10-12-22(30-2)13-11-19)18-6-8-20(9-7-18)25(29)28-14-15-31-23-5-3-4-21(16-23)24(26)27/h3-13,16H,1,14-15H2,2H3,(H3,26,27)(H,28,29). The van der Waals surface area contributed by atoms with Crippen LogP contribution in [0.3, 0.4) is 0 Å². The van der Waals surface area contributed by atoms with E-state index in [9.17, 15) is 4.79 Å². The highest BCUT2D eigenvalue weighted by molar-refractivity contribution is 5.95. The molecule has 0 radical (unpaired) electrons. The summed E-state index contributed by atoms with van der Waals surface area (Å²) in [5, 5.41) is 10.3. The Morgan fingerprint density at radius 2 is 1.55 bits per heavy atom. The number of hydrogen-bond acceptors (Lipinski definition) is 4. The molecule has 31 heavy (non-hydrogen) atoms. The second-order valence-corrected chi connectivity index (χ2v) is 6.83. The number of carbonyl (C=O) groups excluding carboxylic acids is 1. The maximum atomic E-state index is 12.4. The van der Waals surface area contributed by atoms with E-state index < -0.39 is 0 Å². The first kappa shape index (κ1) is 21.6. The molecule has 0 saturated heterocycles. The molecule has 0 atom stereocenters. The van der Waals surface area contributed by atoms with E-state index >= 15 is 0 Å². The quantitative estimate of drug-likeness (QED) is 0.281. The Hall–Kier alpha value is -4.06. The van der Waals surface area contributed by atoms with Gasteiger partial charge in [-0.1, -0.05) is 43.0 Å². The zero-order chi connectivity index (χ0) is 22.2. The molecule has 0 bridgehead atoms. The van der Waals surface area contributed by atoms with Gasteiger partial charge in [0.1, 0.15) is 23.9 Å². The van der Waals surface area contributed by atoms with Crippen LogP contribution in [0.5, 0.6) is 11.5 Å². The van der Waals surface area contributed by atoms with Gasteiger partial charge in [-0.05, 0) is 53.1 Å². The summed E-state index contributed by atoms with van der Waals surface area (Å²) in [6, 6.07) is 22.0. The number of amides is 1. The highest BCUT2D eigenvalue weighted by Gasteiger charge is 2.08. The van der Waals surface area contributed by atoms with Crippen molar-refractivity contribution in [3.05, 3.63) is 102 Å². The minimum absolute atomic E-state index is 0.0168. The fourth-order valence-corrected chi connectivity index (χ4v) is 2.97. The van der Waals surface area contributed by atoms with Crippen molar-refractivity contribution in [1.29, 1.82) is 5.41 Å². The van der Waals surface area contributed by atoms with Crippen molar-refractivity contribution in [1.82, 2.24) is 5.32 Å². The third-order valence-electron chi connectivity index (χ3n) is 4.74. The molecule has 0 spiro atoms. The second kappa shape index (κ2) is 10.1. The van der Waals surface area contributed by atoms with Crippen molar-refractivity contribution in [2.24, 2.45) is 5.73 Å². The molecule has 0 saturated carbocycles. The van der Waals surface area contributed by atoms with Crippen molar-refractivity contribution < 1.29 is 14.3 Å². The molecule has 0 aliphatic heterocycles. The van der Waals surface area contributed by atoms with Crippen molar-refractivity contribution in [3.8, 4) is 11.5 Å². The number of nitrogen functional groups attached to an aromatic ring is 1. The van der Waals surface area contributed by atoms with Crippen LogP contribution in [0.2, 0.25) is 0 Å². The number of ether oxygens (including phenoxy) is 2. The van der Waals surface area contributed by atoms with E-state index in [0.717, 1.165) is 22.4 Å². The molecule has 0 aromatic heterocycles. The Balaban J connectivity index is 1.51.